The number of nitrogens with zero attached hydrogens (tertiary/aromatic N) is 2. The van der Waals surface area contributed by atoms with Crippen LogP contribution in [-0.2, 0) is 13.0 Å². The Morgan fingerprint density at radius 1 is 1.33 bits per heavy atom. The molecule has 3 rings (SSSR count). The van der Waals surface area contributed by atoms with Crippen LogP contribution in [0.25, 0.3) is 0 Å². The molecule has 0 saturated carbocycles. The Hall–Kier alpha value is -1.65. The minimum absolute atomic E-state index is 0.169. The van der Waals surface area contributed by atoms with Crippen molar-refractivity contribution in [2.24, 2.45) is 0 Å². The first-order valence-corrected chi connectivity index (χ1v) is 7.55. The zero-order valence-electron chi connectivity index (χ0n) is 12.7. The van der Waals surface area contributed by atoms with Gasteiger partial charge in [-0.1, -0.05) is 29.4 Å². The number of aryl methyl sites for hydroxylation is 3. The van der Waals surface area contributed by atoms with Crippen LogP contribution >= 0.6 is 0 Å². The third kappa shape index (κ3) is 2.74. The van der Waals surface area contributed by atoms with E-state index in [9.17, 15) is 5.11 Å². The molecule has 0 radical (unpaired) electrons. The standard InChI is InChI=1S/C17H22N2O2/c1-12-16(13(2)21-18-12)11-19(9-10-20)17-8-7-14-5-3-4-6-15(14)17/h3-6,17,20H,7-11H2,1-2H3. The number of aliphatic hydroxyl groups is 1. The monoisotopic (exact) mass is 286 g/mol. The minimum Gasteiger partial charge on any atom is -0.395 e. The number of benzene rings is 1. The van der Waals surface area contributed by atoms with E-state index in [0.717, 1.165) is 36.4 Å². The Kier molecular flexibility index (Phi) is 4.08. The van der Waals surface area contributed by atoms with E-state index in [1.807, 2.05) is 13.8 Å². The highest BCUT2D eigenvalue weighted by Crippen LogP contribution is 2.36. The first kappa shape index (κ1) is 14.3. The number of aliphatic hydroxyl groups excluding tert-OH is 1. The predicted molar refractivity (Wildman–Crippen MR) is 81.0 cm³/mol. The van der Waals surface area contributed by atoms with Gasteiger partial charge in [-0.3, -0.25) is 4.90 Å². The van der Waals surface area contributed by atoms with Gasteiger partial charge in [0, 0.05) is 24.7 Å². The molecule has 1 aliphatic rings. The quantitative estimate of drug-likeness (QED) is 0.918. The largest absolute Gasteiger partial charge is 0.395 e. The molecule has 0 saturated heterocycles. The zero-order chi connectivity index (χ0) is 14.8. The third-order valence-corrected chi connectivity index (χ3v) is 4.47. The summed E-state index contributed by atoms with van der Waals surface area (Å²) in [4.78, 5) is 2.35. The zero-order valence-corrected chi connectivity index (χ0v) is 12.7. The Morgan fingerprint density at radius 3 is 2.86 bits per heavy atom. The van der Waals surface area contributed by atoms with Crippen LogP contribution < -0.4 is 0 Å². The average molecular weight is 286 g/mol. The Bertz CT molecular complexity index is 602. The van der Waals surface area contributed by atoms with Gasteiger partial charge in [-0.25, -0.2) is 0 Å². The van der Waals surface area contributed by atoms with Gasteiger partial charge in [0.15, 0.2) is 0 Å². The summed E-state index contributed by atoms with van der Waals surface area (Å²) in [6, 6.07) is 9.01. The fourth-order valence-electron chi connectivity index (χ4n) is 3.32. The Morgan fingerprint density at radius 2 is 2.14 bits per heavy atom. The maximum absolute atomic E-state index is 9.43. The Balaban J connectivity index is 1.86. The van der Waals surface area contributed by atoms with E-state index in [0.29, 0.717) is 12.6 Å². The number of rotatable bonds is 5. The molecule has 1 heterocycles. The Labute approximate surface area is 125 Å². The average Bonchev–Trinajstić information content (AvgIpc) is 3.05. The molecule has 4 nitrogen and oxygen atoms in total. The van der Waals surface area contributed by atoms with E-state index in [4.69, 9.17) is 4.52 Å². The van der Waals surface area contributed by atoms with Crippen LogP contribution in [0.3, 0.4) is 0 Å². The highest BCUT2D eigenvalue weighted by atomic mass is 16.5. The first-order chi connectivity index (χ1) is 10.2. The van der Waals surface area contributed by atoms with Gasteiger partial charge in [0.05, 0.1) is 12.3 Å². The van der Waals surface area contributed by atoms with Crippen molar-refractivity contribution in [2.45, 2.75) is 39.3 Å². The molecule has 0 aliphatic heterocycles. The van der Waals surface area contributed by atoms with Gasteiger partial charge in [0.1, 0.15) is 5.76 Å². The summed E-state index contributed by atoms with van der Waals surface area (Å²) in [5.74, 6) is 0.877. The topological polar surface area (TPSA) is 49.5 Å². The maximum atomic E-state index is 9.43. The van der Waals surface area contributed by atoms with E-state index in [-0.39, 0.29) is 6.61 Å². The van der Waals surface area contributed by atoms with Crippen LogP contribution in [0.2, 0.25) is 0 Å². The van der Waals surface area contributed by atoms with Crippen LogP contribution in [0.15, 0.2) is 28.8 Å². The number of hydrogen-bond donors (Lipinski definition) is 1. The van der Waals surface area contributed by atoms with E-state index >= 15 is 0 Å². The van der Waals surface area contributed by atoms with Gasteiger partial charge in [-0.2, -0.15) is 0 Å². The molecule has 4 heteroatoms. The van der Waals surface area contributed by atoms with Gasteiger partial charge < -0.3 is 9.63 Å². The normalized spacial score (nSPS) is 17.4. The van der Waals surface area contributed by atoms with Gasteiger partial charge in [-0.15, -0.1) is 0 Å². The van der Waals surface area contributed by atoms with Gasteiger partial charge in [0.2, 0.25) is 0 Å². The molecule has 2 aromatic rings. The van der Waals surface area contributed by atoms with Gasteiger partial charge >= 0.3 is 0 Å². The van der Waals surface area contributed by atoms with Gasteiger partial charge in [0.25, 0.3) is 0 Å². The van der Waals surface area contributed by atoms with Crippen molar-refractivity contribution in [3.05, 3.63) is 52.4 Å². The predicted octanol–water partition coefficient (Wildman–Crippen LogP) is 2.77. The summed E-state index contributed by atoms with van der Waals surface area (Å²) in [7, 11) is 0. The summed E-state index contributed by atoms with van der Waals surface area (Å²) < 4.78 is 5.27. The fraction of sp³-hybridized carbons (Fsp3) is 0.471. The highest BCUT2D eigenvalue weighted by molar-refractivity contribution is 5.34. The van der Waals surface area contributed by atoms with Crippen LogP contribution in [0.5, 0.6) is 0 Å². The van der Waals surface area contributed by atoms with E-state index in [1.54, 1.807) is 0 Å². The second kappa shape index (κ2) is 6.00. The molecule has 21 heavy (non-hydrogen) atoms. The first-order valence-electron chi connectivity index (χ1n) is 7.55. The van der Waals surface area contributed by atoms with E-state index < -0.39 is 0 Å². The van der Waals surface area contributed by atoms with Crippen molar-refractivity contribution >= 4 is 0 Å². The number of fused-ring (bicyclic) bond motifs is 1. The van der Waals surface area contributed by atoms with E-state index in [2.05, 4.69) is 34.3 Å². The number of hydrogen-bond acceptors (Lipinski definition) is 4. The minimum atomic E-state index is 0.169. The van der Waals surface area contributed by atoms with E-state index in [1.165, 1.54) is 11.1 Å². The summed E-state index contributed by atoms with van der Waals surface area (Å²) >= 11 is 0. The molecule has 0 bridgehead atoms. The van der Waals surface area contributed by atoms with Crippen molar-refractivity contribution in [1.29, 1.82) is 0 Å². The maximum Gasteiger partial charge on any atom is 0.138 e. The summed E-state index contributed by atoms with van der Waals surface area (Å²) in [6.07, 6.45) is 2.23. The molecular formula is C17H22N2O2. The highest BCUT2D eigenvalue weighted by Gasteiger charge is 2.28. The van der Waals surface area contributed by atoms with Crippen molar-refractivity contribution in [1.82, 2.24) is 10.1 Å². The lowest BCUT2D eigenvalue weighted by Crippen LogP contribution is -2.30. The number of aromatic nitrogens is 1. The molecule has 1 atom stereocenters. The van der Waals surface area contributed by atoms with Crippen LogP contribution in [-0.4, -0.2) is 28.3 Å². The van der Waals surface area contributed by atoms with Crippen molar-refractivity contribution in [3.63, 3.8) is 0 Å². The molecule has 1 aromatic heterocycles. The van der Waals surface area contributed by atoms with Crippen molar-refractivity contribution in [3.8, 4) is 0 Å². The molecular weight excluding hydrogens is 264 g/mol. The van der Waals surface area contributed by atoms with Gasteiger partial charge in [-0.05, 0) is 37.8 Å². The molecule has 1 aliphatic carbocycles. The molecule has 1 N–H and O–H groups in total. The molecule has 1 aromatic carbocycles. The molecule has 0 spiro atoms. The molecule has 112 valence electrons. The lowest BCUT2D eigenvalue weighted by molar-refractivity contribution is 0.142. The summed E-state index contributed by atoms with van der Waals surface area (Å²) in [5.41, 5.74) is 4.93. The van der Waals surface area contributed by atoms with Crippen LogP contribution in [0.1, 0.15) is 40.6 Å². The SMILES string of the molecule is Cc1noc(C)c1CN(CCO)C1CCc2ccccc21. The molecule has 0 amide bonds. The van der Waals surface area contributed by atoms with Crippen LogP contribution in [0.4, 0.5) is 0 Å². The molecule has 0 fully saturated rings. The van der Waals surface area contributed by atoms with Crippen LogP contribution in [0, 0.1) is 13.8 Å². The fourth-order valence-corrected chi connectivity index (χ4v) is 3.32. The lowest BCUT2D eigenvalue weighted by Gasteiger charge is -2.29. The smallest absolute Gasteiger partial charge is 0.138 e. The second-order valence-electron chi connectivity index (χ2n) is 5.75. The molecule has 1 unspecified atom stereocenters. The second-order valence-corrected chi connectivity index (χ2v) is 5.75. The lowest BCUT2D eigenvalue weighted by atomic mass is 10.1. The van der Waals surface area contributed by atoms with Crippen molar-refractivity contribution in [2.75, 3.05) is 13.2 Å². The summed E-state index contributed by atoms with van der Waals surface area (Å²) in [6.45, 7) is 5.55. The summed E-state index contributed by atoms with van der Waals surface area (Å²) in [5, 5.41) is 13.5. The van der Waals surface area contributed by atoms with Crippen molar-refractivity contribution < 1.29 is 9.63 Å². The third-order valence-electron chi connectivity index (χ3n) is 4.47.